The molecule has 2 amide bonds. The van der Waals surface area contributed by atoms with Gasteiger partial charge in [-0.1, -0.05) is 32.0 Å². The van der Waals surface area contributed by atoms with Gasteiger partial charge in [-0.05, 0) is 53.9 Å². The van der Waals surface area contributed by atoms with Crippen molar-refractivity contribution < 1.29 is 14.0 Å². The molecule has 2 aromatic carbocycles. The molecule has 2 N–H and O–H groups in total. The van der Waals surface area contributed by atoms with Gasteiger partial charge < -0.3 is 10.6 Å². The molecule has 0 unspecified atom stereocenters. The van der Waals surface area contributed by atoms with Crippen LogP contribution in [-0.4, -0.2) is 22.8 Å². The van der Waals surface area contributed by atoms with E-state index in [1.165, 1.54) is 18.2 Å². The number of anilines is 1. The number of nitrogens with one attached hydrogen (secondary N) is 2. The topological polar surface area (TPSA) is 71.1 Å². The van der Waals surface area contributed by atoms with Crippen LogP contribution in [0.3, 0.4) is 0 Å². The molecule has 1 atom stereocenters. The van der Waals surface area contributed by atoms with E-state index in [0.717, 1.165) is 16.2 Å². The van der Waals surface area contributed by atoms with Crippen molar-refractivity contribution in [3.63, 3.8) is 0 Å². The summed E-state index contributed by atoms with van der Waals surface area (Å²) in [7, 11) is 0. The second-order valence-corrected chi connectivity index (χ2v) is 8.39. The number of pyridine rings is 1. The Hall–Kier alpha value is -3.19. The van der Waals surface area contributed by atoms with Gasteiger partial charge in [-0.2, -0.15) is 0 Å². The van der Waals surface area contributed by atoms with Crippen LogP contribution in [0.5, 0.6) is 0 Å². The lowest BCUT2D eigenvalue weighted by molar-refractivity contribution is -0.118. The average Bonchev–Trinajstić information content (AvgIpc) is 2.77. The number of hydrogen-bond acceptors (Lipinski definition) is 4. The zero-order valence-corrected chi connectivity index (χ0v) is 18.2. The first kappa shape index (κ1) is 22.5. The van der Waals surface area contributed by atoms with Gasteiger partial charge in [0.05, 0.1) is 5.56 Å². The molecule has 0 aliphatic rings. The highest BCUT2D eigenvalue weighted by molar-refractivity contribution is 7.98. The lowest BCUT2D eigenvalue weighted by Gasteiger charge is -2.22. The molecule has 1 heterocycles. The van der Waals surface area contributed by atoms with Crippen molar-refractivity contribution in [3.8, 4) is 0 Å². The van der Waals surface area contributed by atoms with E-state index in [1.807, 2.05) is 56.4 Å². The number of amides is 2. The summed E-state index contributed by atoms with van der Waals surface area (Å²) in [4.78, 5) is 30.4. The predicted octanol–water partition coefficient (Wildman–Crippen LogP) is 4.91. The lowest BCUT2D eigenvalue weighted by atomic mass is 10.0. The normalized spacial score (nSPS) is 11.7. The van der Waals surface area contributed by atoms with E-state index in [9.17, 15) is 14.0 Å². The Morgan fingerprint density at radius 2 is 1.77 bits per heavy atom. The van der Waals surface area contributed by atoms with Gasteiger partial charge in [0.1, 0.15) is 11.9 Å². The first-order chi connectivity index (χ1) is 14.9. The van der Waals surface area contributed by atoms with Crippen LogP contribution in [0.4, 0.5) is 10.1 Å². The first-order valence-electron chi connectivity index (χ1n) is 9.92. The minimum absolute atomic E-state index is 0.0871. The van der Waals surface area contributed by atoms with Crippen LogP contribution in [0.1, 0.15) is 29.8 Å². The number of rotatable bonds is 8. The zero-order chi connectivity index (χ0) is 22.2. The van der Waals surface area contributed by atoms with Crippen molar-refractivity contribution in [2.24, 2.45) is 5.92 Å². The van der Waals surface area contributed by atoms with Crippen molar-refractivity contribution in [2.45, 2.75) is 30.5 Å². The second-order valence-electron chi connectivity index (χ2n) is 7.34. The Morgan fingerprint density at radius 1 is 1.03 bits per heavy atom. The molecule has 0 aliphatic heterocycles. The van der Waals surface area contributed by atoms with Crippen LogP contribution in [0.15, 0.2) is 78.0 Å². The standard InChI is InChI=1S/C24H24FN3O2S/c1-16(2)22(28-23(29)20-7-3-4-8-21(20)25)24(30)27-18-9-11-19(12-10-18)31-15-17-6-5-13-26-14-17/h3-14,16,22H,15H2,1-2H3,(H,27,30)(H,28,29)/t22-/m0/s1. The van der Waals surface area contributed by atoms with Gasteiger partial charge in [0, 0.05) is 28.7 Å². The number of thioether (sulfide) groups is 1. The molecular weight excluding hydrogens is 413 g/mol. The van der Waals surface area contributed by atoms with Gasteiger partial charge >= 0.3 is 0 Å². The summed E-state index contributed by atoms with van der Waals surface area (Å²) in [6, 6.07) is 16.3. The minimum atomic E-state index is -0.799. The van der Waals surface area contributed by atoms with Crippen LogP contribution in [0.2, 0.25) is 0 Å². The maximum Gasteiger partial charge on any atom is 0.254 e. The van der Waals surface area contributed by atoms with Gasteiger partial charge in [-0.3, -0.25) is 14.6 Å². The molecule has 31 heavy (non-hydrogen) atoms. The third-order valence-corrected chi connectivity index (χ3v) is 5.69. The molecule has 0 saturated carbocycles. The maximum atomic E-state index is 13.9. The van der Waals surface area contributed by atoms with Gasteiger partial charge in [-0.25, -0.2) is 4.39 Å². The Morgan fingerprint density at radius 3 is 2.42 bits per heavy atom. The molecule has 0 saturated heterocycles. The monoisotopic (exact) mass is 437 g/mol. The van der Waals surface area contributed by atoms with Crippen LogP contribution in [-0.2, 0) is 10.5 Å². The average molecular weight is 438 g/mol. The summed E-state index contributed by atoms with van der Waals surface area (Å²) in [5.74, 6) is -0.964. The fraction of sp³-hybridized carbons (Fsp3) is 0.208. The highest BCUT2D eigenvalue weighted by Gasteiger charge is 2.25. The number of hydrogen-bond donors (Lipinski definition) is 2. The van der Waals surface area contributed by atoms with Gasteiger partial charge in [-0.15, -0.1) is 11.8 Å². The number of halogens is 1. The number of aromatic nitrogens is 1. The molecule has 0 fully saturated rings. The van der Waals surface area contributed by atoms with E-state index in [2.05, 4.69) is 15.6 Å². The Kier molecular flexibility index (Phi) is 7.78. The van der Waals surface area contributed by atoms with Crippen molar-refractivity contribution in [1.29, 1.82) is 0 Å². The summed E-state index contributed by atoms with van der Waals surface area (Å²) < 4.78 is 13.9. The maximum absolute atomic E-state index is 13.9. The second kappa shape index (κ2) is 10.7. The van der Waals surface area contributed by atoms with E-state index in [0.29, 0.717) is 5.69 Å². The Bertz CT molecular complexity index is 1030. The number of carbonyl (C=O) groups excluding carboxylic acids is 2. The largest absolute Gasteiger partial charge is 0.340 e. The summed E-state index contributed by atoms with van der Waals surface area (Å²) in [6.07, 6.45) is 3.58. The van der Waals surface area contributed by atoms with E-state index >= 15 is 0 Å². The van der Waals surface area contributed by atoms with Crippen molar-refractivity contribution in [1.82, 2.24) is 10.3 Å². The summed E-state index contributed by atoms with van der Waals surface area (Å²) in [5, 5.41) is 5.47. The Labute approximate surface area is 185 Å². The summed E-state index contributed by atoms with van der Waals surface area (Å²) in [6.45, 7) is 3.65. The van der Waals surface area contributed by atoms with Crippen molar-refractivity contribution >= 4 is 29.3 Å². The fourth-order valence-electron chi connectivity index (χ4n) is 2.90. The van der Waals surface area contributed by atoms with Crippen LogP contribution in [0.25, 0.3) is 0 Å². The molecule has 0 spiro atoms. The number of benzene rings is 2. The van der Waals surface area contributed by atoms with E-state index in [-0.39, 0.29) is 17.4 Å². The molecule has 7 heteroatoms. The van der Waals surface area contributed by atoms with Crippen LogP contribution < -0.4 is 10.6 Å². The molecule has 1 aromatic heterocycles. The molecule has 0 aliphatic carbocycles. The van der Waals surface area contributed by atoms with Crippen molar-refractivity contribution in [2.75, 3.05) is 5.32 Å². The quantitative estimate of drug-likeness (QED) is 0.492. The third kappa shape index (κ3) is 6.39. The van der Waals surface area contributed by atoms with Crippen LogP contribution in [0, 0.1) is 11.7 Å². The zero-order valence-electron chi connectivity index (χ0n) is 17.3. The smallest absolute Gasteiger partial charge is 0.254 e. The third-order valence-electron chi connectivity index (χ3n) is 4.60. The Balaban J connectivity index is 1.60. The predicted molar refractivity (Wildman–Crippen MR) is 121 cm³/mol. The molecule has 160 valence electrons. The fourth-order valence-corrected chi connectivity index (χ4v) is 3.74. The van der Waals surface area contributed by atoms with Crippen LogP contribution >= 0.6 is 11.8 Å². The first-order valence-corrected chi connectivity index (χ1v) is 10.9. The molecule has 0 bridgehead atoms. The molecule has 5 nitrogen and oxygen atoms in total. The summed E-state index contributed by atoms with van der Waals surface area (Å²) in [5.41, 5.74) is 1.67. The van der Waals surface area contributed by atoms with Gasteiger partial charge in [0.25, 0.3) is 5.91 Å². The minimum Gasteiger partial charge on any atom is -0.340 e. The SMILES string of the molecule is CC(C)[C@H](NC(=O)c1ccccc1F)C(=O)Nc1ccc(SCc2cccnc2)cc1. The molecule has 0 radical (unpaired) electrons. The molecule has 3 rings (SSSR count). The van der Waals surface area contributed by atoms with E-state index < -0.39 is 17.8 Å². The highest BCUT2D eigenvalue weighted by Crippen LogP contribution is 2.24. The number of nitrogens with zero attached hydrogens (tertiary/aromatic N) is 1. The van der Waals surface area contributed by atoms with Crippen molar-refractivity contribution in [3.05, 3.63) is 90.0 Å². The molecular formula is C24H24FN3O2S. The number of carbonyl (C=O) groups is 2. The van der Waals surface area contributed by atoms with E-state index in [4.69, 9.17) is 0 Å². The molecule has 3 aromatic rings. The van der Waals surface area contributed by atoms with E-state index in [1.54, 1.807) is 24.0 Å². The van der Waals surface area contributed by atoms with Gasteiger partial charge in [0.2, 0.25) is 5.91 Å². The lowest BCUT2D eigenvalue weighted by Crippen LogP contribution is -2.47. The highest BCUT2D eigenvalue weighted by atomic mass is 32.2. The summed E-state index contributed by atoms with van der Waals surface area (Å²) >= 11 is 1.67. The van der Waals surface area contributed by atoms with Gasteiger partial charge in [0.15, 0.2) is 0 Å².